The van der Waals surface area contributed by atoms with Crippen molar-refractivity contribution >= 4 is 0 Å². The highest BCUT2D eigenvalue weighted by Crippen LogP contribution is 2.34. The molecule has 20 heavy (non-hydrogen) atoms. The lowest BCUT2D eigenvalue weighted by Crippen LogP contribution is -2.31. The first-order chi connectivity index (χ1) is 9.78. The molecule has 0 spiro atoms. The maximum Gasteiger partial charge on any atom is 0.231 e. The van der Waals surface area contributed by atoms with Crippen LogP contribution in [0.1, 0.15) is 44.4 Å². The van der Waals surface area contributed by atoms with Gasteiger partial charge >= 0.3 is 0 Å². The minimum atomic E-state index is 0.347. The van der Waals surface area contributed by atoms with Crippen molar-refractivity contribution in [3.05, 3.63) is 18.3 Å². The molecule has 6 nitrogen and oxygen atoms in total. The van der Waals surface area contributed by atoms with Gasteiger partial charge in [0, 0.05) is 19.3 Å². The lowest BCUT2D eigenvalue weighted by Gasteiger charge is -2.17. The van der Waals surface area contributed by atoms with Crippen LogP contribution in [-0.2, 0) is 7.05 Å². The van der Waals surface area contributed by atoms with Crippen LogP contribution in [0.15, 0.2) is 16.9 Å². The van der Waals surface area contributed by atoms with Gasteiger partial charge in [0.2, 0.25) is 11.7 Å². The van der Waals surface area contributed by atoms with Crippen molar-refractivity contribution in [3.8, 4) is 11.4 Å². The maximum atomic E-state index is 5.48. The minimum absolute atomic E-state index is 0.347. The number of nitrogens with zero attached hydrogens (tertiary/aromatic N) is 4. The van der Waals surface area contributed by atoms with E-state index in [1.165, 1.54) is 12.8 Å². The third-order valence-corrected chi connectivity index (χ3v) is 3.89. The monoisotopic (exact) mass is 275 g/mol. The summed E-state index contributed by atoms with van der Waals surface area (Å²) in [6, 6.07) is 0.470. The van der Waals surface area contributed by atoms with Crippen molar-refractivity contribution in [1.82, 2.24) is 25.2 Å². The fourth-order valence-corrected chi connectivity index (χ4v) is 2.87. The Labute approximate surface area is 118 Å². The first kappa shape index (κ1) is 13.3. The quantitative estimate of drug-likeness (QED) is 0.905. The van der Waals surface area contributed by atoms with Gasteiger partial charge in [-0.15, -0.1) is 0 Å². The molecule has 3 rings (SSSR count). The molecule has 0 amide bonds. The van der Waals surface area contributed by atoms with Crippen molar-refractivity contribution < 1.29 is 4.52 Å². The smallest absolute Gasteiger partial charge is 0.231 e. The van der Waals surface area contributed by atoms with Gasteiger partial charge in [0.1, 0.15) is 0 Å². The van der Waals surface area contributed by atoms with Gasteiger partial charge in [0.25, 0.3) is 0 Å². The van der Waals surface area contributed by atoms with Crippen LogP contribution < -0.4 is 5.32 Å². The molecular formula is C14H21N5O. The molecule has 1 N–H and O–H groups in total. The van der Waals surface area contributed by atoms with Crippen molar-refractivity contribution in [2.45, 2.75) is 44.6 Å². The summed E-state index contributed by atoms with van der Waals surface area (Å²) in [6.07, 6.45) is 8.34. The second-order valence-corrected chi connectivity index (χ2v) is 5.46. The standard InChI is InChI=1S/C14H21N5O/c1-3-7-15-12-6-4-5-11(12)14-17-13(18-20-14)10-8-16-19(2)9-10/h8-9,11-12,15H,3-7H2,1-2H3. The van der Waals surface area contributed by atoms with Gasteiger partial charge in [-0.05, 0) is 25.8 Å². The topological polar surface area (TPSA) is 68.8 Å². The molecule has 1 aliphatic carbocycles. The zero-order valence-electron chi connectivity index (χ0n) is 12.0. The first-order valence-corrected chi connectivity index (χ1v) is 7.34. The Morgan fingerprint density at radius 1 is 1.45 bits per heavy atom. The fraction of sp³-hybridized carbons (Fsp3) is 0.643. The highest BCUT2D eigenvalue weighted by atomic mass is 16.5. The highest BCUT2D eigenvalue weighted by Gasteiger charge is 2.32. The molecule has 2 aromatic rings. The van der Waals surface area contributed by atoms with E-state index in [4.69, 9.17) is 4.52 Å². The van der Waals surface area contributed by atoms with Crippen molar-refractivity contribution in [1.29, 1.82) is 0 Å². The SMILES string of the molecule is CCCNC1CCCC1c1nc(-c2cnn(C)c2)no1. The molecule has 1 fully saturated rings. The Balaban J connectivity index is 1.75. The Bertz CT molecular complexity index is 561. The molecule has 0 aromatic carbocycles. The van der Waals surface area contributed by atoms with Crippen LogP contribution in [-0.4, -0.2) is 32.5 Å². The molecule has 2 aromatic heterocycles. The normalized spacial score (nSPS) is 22.5. The predicted molar refractivity (Wildman–Crippen MR) is 75.2 cm³/mol. The summed E-state index contributed by atoms with van der Waals surface area (Å²) in [5.74, 6) is 1.74. The second-order valence-electron chi connectivity index (χ2n) is 5.46. The van der Waals surface area contributed by atoms with Crippen LogP contribution in [0.4, 0.5) is 0 Å². The van der Waals surface area contributed by atoms with Crippen LogP contribution in [0.5, 0.6) is 0 Å². The lowest BCUT2D eigenvalue weighted by atomic mass is 10.0. The number of hydrogen-bond acceptors (Lipinski definition) is 5. The molecule has 2 heterocycles. The fourth-order valence-electron chi connectivity index (χ4n) is 2.87. The van der Waals surface area contributed by atoms with Crippen LogP contribution in [0, 0.1) is 0 Å². The minimum Gasteiger partial charge on any atom is -0.339 e. The van der Waals surface area contributed by atoms with E-state index >= 15 is 0 Å². The van der Waals surface area contributed by atoms with Crippen LogP contribution in [0.25, 0.3) is 11.4 Å². The summed E-state index contributed by atoms with van der Waals surface area (Å²) in [5.41, 5.74) is 0.901. The van der Waals surface area contributed by atoms with Crippen LogP contribution >= 0.6 is 0 Å². The van der Waals surface area contributed by atoms with Crippen LogP contribution in [0.3, 0.4) is 0 Å². The van der Waals surface area contributed by atoms with E-state index in [1.807, 2.05) is 13.2 Å². The Morgan fingerprint density at radius 3 is 3.10 bits per heavy atom. The van der Waals surface area contributed by atoms with Gasteiger partial charge < -0.3 is 9.84 Å². The maximum absolute atomic E-state index is 5.48. The van der Waals surface area contributed by atoms with Gasteiger partial charge in [-0.25, -0.2) is 0 Å². The summed E-state index contributed by atoms with van der Waals surface area (Å²) in [5, 5.41) is 11.8. The Morgan fingerprint density at radius 2 is 2.35 bits per heavy atom. The molecule has 108 valence electrons. The average molecular weight is 275 g/mol. The number of rotatable bonds is 5. The molecular weight excluding hydrogens is 254 g/mol. The summed E-state index contributed by atoms with van der Waals surface area (Å²) < 4.78 is 7.23. The molecule has 1 aliphatic rings. The summed E-state index contributed by atoms with van der Waals surface area (Å²) in [6.45, 7) is 3.23. The third kappa shape index (κ3) is 2.60. The molecule has 6 heteroatoms. The average Bonchev–Trinajstić information content (AvgIpc) is 3.15. The van der Waals surface area contributed by atoms with E-state index < -0.39 is 0 Å². The summed E-state index contributed by atoms with van der Waals surface area (Å²) >= 11 is 0. The number of hydrogen-bond donors (Lipinski definition) is 1. The van der Waals surface area contributed by atoms with E-state index in [0.29, 0.717) is 17.8 Å². The molecule has 0 radical (unpaired) electrons. The predicted octanol–water partition coefficient (Wildman–Crippen LogP) is 2.11. The van der Waals surface area contributed by atoms with Gasteiger partial charge in [0.15, 0.2) is 0 Å². The zero-order chi connectivity index (χ0) is 13.9. The summed E-state index contributed by atoms with van der Waals surface area (Å²) in [4.78, 5) is 4.56. The van der Waals surface area contributed by atoms with Gasteiger partial charge in [-0.3, -0.25) is 4.68 Å². The zero-order valence-corrected chi connectivity index (χ0v) is 12.0. The highest BCUT2D eigenvalue weighted by molar-refractivity contribution is 5.51. The van der Waals surface area contributed by atoms with Gasteiger partial charge in [-0.2, -0.15) is 10.1 Å². The lowest BCUT2D eigenvalue weighted by molar-refractivity contribution is 0.330. The number of nitrogens with one attached hydrogen (secondary N) is 1. The Hall–Kier alpha value is -1.69. The van der Waals surface area contributed by atoms with Gasteiger partial charge in [0.05, 0.1) is 17.7 Å². The second kappa shape index (κ2) is 5.75. The van der Waals surface area contributed by atoms with Gasteiger partial charge in [-0.1, -0.05) is 18.5 Å². The number of aromatic nitrogens is 4. The molecule has 0 saturated heterocycles. The van der Waals surface area contributed by atoms with E-state index in [0.717, 1.165) is 30.8 Å². The molecule has 1 saturated carbocycles. The molecule has 2 atom stereocenters. The van der Waals surface area contributed by atoms with E-state index in [2.05, 4.69) is 27.5 Å². The van der Waals surface area contributed by atoms with Crippen molar-refractivity contribution in [2.75, 3.05) is 6.54 Å². The van der Waals surface area contributed by atoms with Crippen LogP contribution in [0.2, 0.25) is 0 Å². The Kier molecular flexibility index (Phi) is 3.82. The molecule has 2 unspecified atom stereocenters. The largest absolute Gasteiger partial charge is 0.339 e. The first-order valence-electron chi connectivity index (χ1n) is 7.34. The number of aryl methyl sites for hydroxylation is 1. The van der Waals surface area contributed by atoms with E-state index in [1.54, 1.807) is 10.9 Å². The van der Waals surface area contributed by atoms with Crippen molar-refractivity contribution in [3.63, 3.8) is 0 Å². The van der Waals surface area contributed by atoms with E-state index in [-0.39, 0.29) is 0 Å². The van der Waals surface area contributed by atoms with E-state index in [9.17, 15) is 0 Å². The molecule has 0 bridgehead atoms. The van der Waals surface area contributed by atoms with Crippen molar-refractivity contribution in [2.24, 2.45) is 7.05 Å². The third-order valence-electron chi connectivity index (χ3n) is 3.89. The summed E-state index contributed by atoms with van der Waals surface area (Å²) in [7, 11) is 1.88. The molecule has 0 aliphatic heterocycles.